The summed E-state index contributed by atoms with van der Waals surface area (Å²) < 4.78 is 1.99. The largest absolute Gasteiger partial charge is 0.350 e. The van der Waals surface area contributed by atoms with Gasteiger partial charge >= 0.3 is 0 Å². The van der Waals surface area contributed by atoms with Crippen LogP contribution < -0.4 is 0 Å². The van der Waals surface area contributed by atoms with Gasteiger partial charge in [0.1, 0.15) is 0 Å². The standard InChI is InChI=1S/C20H27N3O2/c1-20(2,3)13-18(24)22-9-11-23(12-10-22)19(25)16-14-21(4)17-8-6-5-7-15(16)17/h5-8,14H,9-13H2,1-4H3. The third-order valence-electron chi connectivity index (χ3n) is 4.73. The number of carbonyl (C=O) groups excluding carboxylic acids is 2. The molecule has 0 aliphatic carbocycles. The lowest BCUT2D eigenvalue weighted by atomic mass is 9.91. The average molecular weight is 341 g/mol. The number of carbonyl (C=O) groups is 2. The van der Waals surface area contributed by atoms with Crippen LogP contribution in [0.1, 0.15) is 37.6 Å². The Morgan fingerprint density at radius 3 is 2.24 bits per heavy atom. The highest BCUT2D eigenvalue weighted by molar-refractivity contribution is 6.07. The van der Waals surface area contributed by atoms with Crippen LogP contribution in [0.5, 0.6) is 0 Å². The number of aryl methyl sites for hydroxylation is 1. The number of fused-ring (bicyclic) bond motifs is 1. The van der Waals surface area contributed by atoms with E-state index in [-0.39, 0.29) is 17.2 Å². The molecule has 2 amide bonds. The van der Waals surface area contributed by atoms with E-state index >= 15 is 0 Å². The van der Waals surface area contributed by atoms with Gasteiger partial charge < -0.3 is 14.4 Å². The molecule has 1 fully saturated rings. The Hall–Kier alpha value is -2.30. The Bertz CT molecular complexity index is 793. The predicted octanol–water partition coefficient (Wildman–Crippen LogP) is 2.90. The quantitative estimate of drug-likeness (QED) is 0.843. The molecule has 5 heteroatoms. The van der Waals surface area contributed by atoms with Gasteiger partial charge in [0.25, 0.3) is 5.91 Å². The van der Waals surface area contributed by atoms with Gasteiger partial charge in [-0.25, -0.2) is 0 Å². The van der Waals surface area contributed by atoms with Crippen molar-refractivity contribution in [3.63, 3.8) is 0 Å². The van der Waals surface area contributed by atoms with Crippen LogP contribution in [0.15, 0.2) is 30.5 Å². The van der Waals surface area contributed by atoms with Crippen molar-refractivity contribution in [3.8, 4) is 0 Å². The maximum absolute atomic E-state index is 12.9. The minimum Gasteiger partial charge on any atom is -0.350 e. The van der Waals surface area contributed by atoms with Gasteiger partial charge in [0, 0.05) is 56.7 Å². The van der Waals surface area contributed by atoms with Crippen LogP contribution >= 0.6 is 0 Å². The number of benzene rings is 1. The predicted molar refractivity (Wildman–Crippen MR) is 99.5 cm³/mol. The number of amides is 2. The third-order valence-corrected chi connectivity index (χ3v) is 4.73. The SMILES string of the molecule is Cn1cc(C(=O)N2CCN(C(=O)CC(C)(C)C)CC2)c2ccccc21. The number of hydrogen-bond acceptors (Lipinski definition) is 2. The average Bonchev–Trinajstić information content (AvgIpc) is 2.90. The molecule has 0 radical (unpaired) electrons. The molecule has 1 saturated heterocycles. The number of aromatic nitrogens is 1. The van der Waals surface area contributed by atoms with Gasteiger partial charge in [-0.3, -0.25) is 9.59 Å². The van der Waals surface area contributed by atoms with Crippen LogP contribution in [0, 0.1) is 5.41 Å². The second-order valence-electron chi connectivity index (χ2n) is 8.08. The van der Waals surface area contributed by atoms with E-state index < -0.39 is 0 Å². The monoisotopic (exact) mass is 341 g/mol. The Balaban J connectivity index is 1.68. The van der Waals surface area contributed by atoms with Crippen LogP contribution in [0.25, 0.3) is 10.9 Å². The van der Waals surface area contributed by atoms with E-state index in [4.69, 9.17) is 0 Å². The summed E-state index contributed by atoms with van der Waals surface area (Å²) in [5, 5.41) is 0.987. The van der Waals surface area contributed by atoms with Gasteiger partial charge in [0.05, 0.1) is 5.56 Å². The van der Waals surface area contributed by atoms with E-state index in [1.54, 1.807) is 0 Å². The Labute approximate surface area is 149 Å². The highest BCUT2D eigenvalue weighted by Crippen LogP contribution is 2.23. The summed E-state index contributed by atoms with van der Waals surface area (Å²) in [5.41, 5.74) is 1.80. The number of piperazine rings is 1. The van der Waals surface area contributed by atoms with Crippen molar-refractivity contribution >= 4 is 22.7 Å². The summed E-state index contributed by atoms with van der Waals surface area (Å²) in [4.78, 5) is 29.0. The maximum Gasteiger partial charge on any atom is 0.256 e. The molecule has 0 unspecified atom stereocenters. The molecule has 2 aromatic rings. The minimum absolute atomic E-state index is 0.00695. The lowest BCUT2D eigenvalue weighted by molar-refractivity contribution is -0.134. The number of hydrogen-bond donors (Lipinski definition) is 0. The molecule has 134 valence electrons. The second kappa shape index (κ2) is 6.54. The summed E-state index contributed by atoms with van der Waals surface area (Å²) in [5.74, 6) is 0.240. The van der Waals surface area contributed by atoms with Crippen LogP contribution in [-0.2, 0) is 11.8 Å². The fourth-order valence-corrected chi connectivity index (χ4v) is 3.41. The first kappa shape index (κ1) is 17.5. The molecule has 1 aromatic heterocycles. The summed E-state index contributed by atoms with van der Waals surface area (Å²) in [6.45, 7) is 8.65. The Kier molecular flexibility index (Phi) is 4.58. The van der Waals surface area contributed by atoms with Crippen LogP contribution in [0.4, 0.5) is 0 Å². The molecule has 0 spiro atoms. The highest BCUT2D eigenvalue weighted by Gasteiger charge is 2.28. The van der Waals surface area contributed by atoms with E-state index in [0.717, 1.165) is 16.5 Å². The fraction of sp³-hybridized carbons (Fsp3) is 0.500. The van der Waals surface area contributed by atoms with E-state index in [2.05, 4.69) is 20.8 Å². The van der Waals surface area contributed by atoms with Crippen molar-refractivity contribution in [2.75, 3.05) is 26.2 Å². The van der Waals surface area contributed by atoms with Crippen molar-refractivity contribution < 1.29 is 9.59 Å². The summed E-state index contributed by atoms with van der Waals surface area (Å²) >= 11 is 0. The molecular weight excluding hydrogens is 314 g/mol. The highest BCUT2D eigenvalue weighted by atomic mass is 16.2. The van der Waals surface area contributed by atoms with Crippen molar-refractivity contribution in [1.82, 2.24) is 14.4 Å². The van der Waals surface area contributed by atoms with Gasteiger partial charge in [0.15, 0.2) is 0 Å². The minimum atomic E-state index is -0.00695. The van der Waals surface area contributed by atoms with Crippen LogP contribution in [-0.4, -0.2) is 52.4 Å². The normalized spacial score (nSPS) is 15.7. The summed E-state index contributed by atoms with van der Waals surface area (Å²) in [7, 11) is 1.96. The molecule has 5 nitrogen and oxygen atoms in total. The molecule has 0 atom stereocenters. The first-order chi connectivity index (χ1) is 11.8. The van der Waals surface area contributed by atoms with Gasteiger partial charge in [-0.2, -0.15) is 0 Å². The van der Waals surface area contributed by atoms with Gasteiger partial charge in [0.2, 0.25) is 5.91 Å². The molecule has 3 rings (SSSR count). The van der Waals surface area contributed by atoms with E-state index in [1.165, 1.54) is 0 Å². The second-order valence-corrected chi connectivity index (χ2v) is 8.08. The van der Waals surface area contributed by atoms with Gasteiger partial charge in [-0.05, 0) is 11.5 Å². The molecule has 0 bridgehead atoms. The van der Waals surface area contributed by atoms with E-state index in [0.29, 0.717) is 32.6 Å². The molecule has 0 N–H and O–H groups in total. The fourth-order valence-electron chi connectivity index (χ4n) is 3.41. The number of nitrogens with zero attached hydrogens (tertiary/aromatic N) is 3. The van der Waals surface area contributed by atoms with E-state index in [9.17, 15) is 9.59 Å². The van der Waals surface area contributed by atoms with E-state index in [1.807, 2.05) is 51.9 Å². The van der Waals surface area contributed by atoms with Gasteiger partial charge in [-0.15, -0.1) is 0 Å². The molecule has 1 aliphatic rings. The summed E-state index contributed by atoms with van der Waals surface area (Å²) in [6.07, 6.45) is 2.45. The number of para-hydroxylation sites is 1. The van der Waals surface area contributed by atoms with Crippen molar-refractivity contribution in [3.05, 3.63) is 36.0 Å². The van der Waals surface area contributed by atoms with Crippen molar-refractivity contribution in [1.29, 1.82) is 0 Å². The molecule has 1 aliphatic heterocycles. The lowest BCUT2D eigenvalue weighted by Gasteiger charge is -2.36. The molecule has 2 heterocycles. The lowest BCUT2D eigenvalue weighted by Crippen LogP contribution is -2.51. The summed E-state index contributed by atoms with van der Waals surface area (Å²) in [6, 6.07) is 7.96. The smallest absolute Gasteiger partial charge is 0.256 e. The third kappa shape index (κ3) is 3.70. The topological polar surface area (TPSA) is 45.6 Å². The molecule has 1 aromatic carbocycles. The van der Waals surface area contributed by atoms with Crippen molar-refractivity contribution in [2.24, 2.45) is 12.5 Å². The molecular formula is C20H27N3O2. The zero-order valence-corrected chi connectivity index (χ0v) is 15.6. The van der Waals surface area contributed by atoms with Crippen LogP contribution in [0.2, 0.25) is 0 Å². The molecule has 0 saturated carbocycles. The van der Waals surface area contributed by atoms with Crippen LogP contribution in [0.3, 0.4) is 0 Å². The van der Waals surface area contributed by atoms with Gasteiger partial charge in [-0.1, -0.05) is 39.0 Å². The first-order valence-corrected chi connectivity index (χ1v) is 8.87. The number of rotatable bonds is 2. The Morgan fingerprint density at radius 2 is 1.60 bits per heavy atom. The zero-order chi connectivity index (χ0) is 18.2. The first-order valence-electron chi connectivity index (χ1n) is 8.87. The van der Waals surface area contributed by atoms with Crippen molar-refractivity contribution in [2.45, 2.75) is 27.2 Å². The Morgan fingerprint density at radius 1 is 1.00 bits per heavy atom. The maximum atomic E-state index is 12.9. The zero-order valence-electron chi connectivity index (χ0n) is 15.6. The molecule has 25 heavy (non-hydrogen) atoms.